The van der Waals surface area contributed by atoms with Crippen LogP contribution >= 0.6 is 0 Å². The summed E-state index contributed by atoms with van der Waals surface area (Å²) in [6.45, 7) is 1.94. The summed E-state index contributed by atoms with van der Waals surface area (Å²) in [5.74, 6) is -0.918. The normalized spacial score (nSPS) is 10.1. The number of carboxylic acid groups (broad SMARTS) is 1. The van der Waals surface area contributed by atoms with E-state index in [1.165, 1.54) is 0 Å². The largest absolute Gasteiger partial charge is 0.478 e. The molecule has 2 rings (SSSR count). The van der Waals surface area contributed by atoms with Gasteiger partial charge in [0.15, 0.2) is 0 Å². The van der Waals surface area contributed by atoms with Gasteiger partial charge >= 0.3 is 5.97 Å². The van der Waals surface area contributed by atoms with E-state index >= 15 is 0 Å². The first-order chi connectivity index (χ1) is 7.70. The molecule has 3 heteroatoms. The first-order valence-corrected chi connectivity index (χ1v) is 4.93. The predicted octanol–water partition coefficient (Wildman–Crippen LogP) is 2.76. The topological polar surface area (TPSA) is 50.2 Å². The molecule has 80 valence electrons. The van der Waals surface area contributed by atoms with Crippen LogP contribution in [0.1, 0.15) is 15.9 Å². The molecule has 0 saturated carbocycles. The van der Waals surface area contributed by atoms with Crippen LogP contribution in [0, 0.1) is 6.92 Å². The van der Waals surface area contributed by atoms with Crippen molar-refractivity contribution in [1.29, 1.82) is 0 Å². The van der Waals surface area contributed by atoms with Gasteiger partial charge in [0.2, 0.25) is 0 Å². The molecule has 0 radical (unpaired) electrons. The Morgan fingerprint density at radius 3 is 2.62 bits per heavy atom. The third-order valence-corrected chi connectivity index (χ3v) is 2.49. The van der Waals surface area contributed by atoms with Gasteiger partial charge < -0.3 is 5.11 Å². The van der Waals surface area contributed by atoms with Crippen LogP contribution in [-0.2, 0) is 0 Å². The molecule has 0 aliphatic heterocycles. The Morgan fingerprint density at radius 1 is 1.19 bits per heavy atom. The summed E-state index contributed by atoms with van der Waals surface area (Å²) in [4.78, 5) is 15.1. The SMILES string of the molecule is Cc1ccncc1-c1ccccc1C(=O)O. The zero-order valence-electron chi connectivity index (χ0n) is 8.84. The minimum atomic E-state index is -0.918. The monoisotopic (exact) mass is 213 g/mol. The molecular weight excluding hydrogens is 202 g/mol. The zero-order chi connectivity index (χ0) is 11.5. The van der Waals surface area contributed by atoms with E-state index in [1.807, 2.05) is 19.1 Å². The second-order valence-electron chi connectivity index (χ2n) is 3.54. The van der Waals surface area contributed by atoms with Crippen molar-refractivity contribution in [3.05, 3.63) is 53.9 Å². The molecule has 1 aromatic carbocycles. The van der Waals surface area contributed by atoms with Crippen molar-refractivity contribution in [2.75, 3.05) is 0 Å². The maximum atomic E-state index is 11.1. The first kappa shape index (κ1) is 10.4. The van der Waals surface area contributed by atoms with Crippen molar-refractivity contribution < 1.29 is 9.90 Å². The van der Waals surface area contributed by atoms with E-state index in [9.17, 15) is 4.79 Å². The highest BCUT2D eigenvalue weighted by Gasteiger charge is 2.11. The highest BCUT2D eigenvalue weighted by molar-refractivity contribution is 5.96. The molecule has 0 atom stereocenters. The Morgan fingerprint density at radius 2 is 1.94 bits per heavy atom. The number of aromatic nitrogens is 1. The van der Waals surface area contributed by atoms with Crippen LogP contribution in [0.5, 0.6) is 0 Å². The number of hydrogen-bond acceptors (Lipinski definition) is 2. The Labute approximate surface area is 93.4 Å². The Bertz CT molecular complexity index is 535. The van der Waals surface area contributed by atoms with Crippen LogP contribution in [0.15, 0.2) is 42.7 Å². The summed E-state index contributed by atoms with van der Waals surface area (Å²) < 4.78 is 0. The van der Waals surface area contributed by atoms with Gasteiger partial charge in [-0.2, -0.15) is 0 Å². The van der Waals surface area contributed by atoms with Gasteiger partial charge in [-0.3, -0.25) is 4.98 Å². The molecule has 0 fully saturated rings. The zero-order valence-corrected chi connectivity index (χ0v) is 8.84. The predicted molar refractivity (Wildman–Crippen MR) is 61.4 cm³/mol. The van der Waals surface area contributed by atoms with E-state index in [1.54, 1.807) is 30.6 Å². The van der Waals surface area contributed by atoms with Gasteiger partial charge in [0.1, 0.15) is 0 Å². The second kappa shape index (κ2) is 4.14. The quantitative estimate of drug-likeness (QED) is 0.834. The van der Waals surface area contributed by atoms with E-state index in [-0.39, 0.29) is 0 Å². The number of benzene rings is 1. The molecule has 0 aliphatic carbocycles. The maximum absolute atomic E-state index is 11.1. The molecule has 0 unspecified atom stereocenters. The highest BCUT2D eigenvalue weighted by atomic mass is 16.4. The van der Waals surface area contributed by atoms with Gasteiger partial charge in [0, 0.05) is 18.0 Å². The lowest BCUT2D eigenvalue weighted by Gasteiger charge is -2.07. The van der Waals surface area contributed by atoms with E-state index in [2.05, 4.69) is 4.98 Å². The highest BCUT2D eigenvalue weighted by Crippen LogP contribution is 2.25. The lowest BCUT2D eigenvalue weighted by atomic mass is 9.98. The molecule has 0 saturated heterocycles. The summed E-state index contributed by atoms with van der Waals surface area (Å²) in [6.07, 6.45) is 3.39. The number of rotatable bonds is 2. The third-order valence-electron chi connectivity index (χ3n) is 2.49. The van der Waals surface area contributed by atoms with Crippen LogP contribution in [0.3, 0.4) is 0 Å². The fraction of sp³-hybridized carbons (Fsp3) is 0.0769. The fourth-order valence-corrected chi connectivity index (χ4v) is 1.65. The van der Waals surface area contributed by atoms with E-state index in [0.29, 0.717) is 11.1 Å². The molecule has 0 spiro atoms. The van der Waals surface area contributed by atoms with Crippen molar-refractivity contribution in [1.82, 2.24) is 4.98 Å². The van der Waals surface area contributed by atoms with Gasteiger partial charge in [0.05, 0.1) is 5.56 Å². The number of nitrogens with zero attached hydrogens (tertiary/aromatic N) is 1. The van der Waals surface area contributed by atoms with Crippen molar-refractivity contribution in [2.45, 2.75) is 6.92 Å². The Kier molecular flexibility index (Phi) is 2.68. The van der Waals surface area contributed by atoms with Gasteiger partial charge in [-0.25, -0.2) is 4.79 Å². The maximum Gasteiger partial charge on any atom is 0.336 e. The molecule has 0 bridgehead atoms. The van der Waals surface area contributed by atoms with Crippen molar-refractivity contribution >= 4 is 5.97 Å². The number of aryl methyl sites for hydroxylation is 1. The Hall–Kier alpha value is -2.16. The number of pyridine rings is 1. The van der Waals surface area contributed by atoms with E-state index in [0.717, 1.165) is 11.1 Å². The first-order valence-electron chi connectivity index (χ1n) is 4.93. The van der Waals surface area contributed by atoms with Gasteiger partial charge in [-0.05, 0) is 30.2 Å². The average molecular weight is 213 g/mol. The molecule has 16 heavy (non-hydrogen) atoms. The summed E-state index contributed by atoms with van der Waals surface area (Å²) in [5.41, 5.74) is 2.89. The minimum absolute atomic E-state index is 0.304. The molecule has 0 amide bonds. The minimum Gasteiger partial charge on any atom is -0.478 e. The number of carbonyl (C=O) groups is 1. The molecule has 0 aliphatic rings. The van der Waals surface area contributed by atoms with Crippen LogP contribution < -0.4 is 0 Å². The summed E-state index contributed by atoms with van der Waals surface area (Å²) in [6, 6.07) is 8.82. The van der Waals surface area contributed by atoms with Crippen molar-refractivity contribution in [3.8, 4) is 11.1 Å². The molecule has 3 nitrogen and oxygen atoms in total. The van der Waals surface area contributed by atoms with Gasteiger partial charge in [0.25, 0.3) is 0 Å². The molecular formula is C13H11NO2. The summed E-state index contributed by atoms with van der Waals surface area (Å²) >= 11 is 0. The Balaban J connectivity index is 2.65. The van der Waals surface area contributed by atoms with Gasteiger partial charge in [-0.1, -0.05) is 18.2 Å². The number of carboxylic acids is 1. The molecule has 1 aromatic heterocycles. The smallest absolute Gasteiger partial charge is 0.336 e. The summed E-state index contributed by atoms with van der Waals surface area (Å²) in [7, 11) is 0. The van der Waals surface area contributed by atoms with Crippen LogP contribution in [0.25, 0.3) is 11.1 Å². The van der Waals surface area contributed by atoms with Crippen molar-refractivity contribution in [2.24, 2.45) is 0 Å². The summed E-state index contributed by atoms with van der Waals surface area (Å²) in [5, 5.41) is 9.10. The van der Waals surface area contributed by atoms with Crippen LogP contribution in [-0.4, -0.2) is 16.1 Å². The third kappa shape index (κ3) is 1.80. The van der Waals surface area contributed by atoms with E-state index in [4.69, 9.17) is 5.11 Å². The number of hydrogen-bond donors (Lipinski definition) is 1. The molecule has 2 aromatic rings. The lowest BCUT2D eigenvalue weighted by Crippen LogP contribution is -1.99. The standard InChI is InChI=1S/C13H11NO2/c1-9-6-7-14-8-12(9)10-4-2-3-5-11(10)13(15)16/h2-8H,1H3,(H,15,16). The lowest BCUT2D eigenvalue weighted by molar-refractivity contribution is 0.0698. The average Bonchev–Trinajstić information content (AvgIpc) is 2.29. The fourth-order valence-electron chi connectivity index (χ4n) is 1.65. The second-order valence-corrected chi connectivity index (χ2v) is 3.54. The van der Waals surface area contributed by atoms with Crippen LogP contribution in [0.4, 0.5) is 0 Å². The van der Waals surface area contributed by atoms with E-state index < -0.39 is 5.97 Å². The van der Waals surface area contributed by atoms with Gasteiger partial charge in [-0.15, -0.1) is 0 Å². The van der Waals surface area contributed by atoms with Crippen LogP contribution in [0.2, 0.25) is 0 Å². The number of aromatic carboxylic acids is 1. The molecule has 1 N–H and O–H groups in total. The molecule has 1 heterocycles. The van der Waals surface area contributed by atoms with Crippen molar-refractivity contribution in [3.63, 3.8) is 0 Å².